The number of amides is 1. The number of hydrogen-bond donors (Lipinski definition) is 1. The van der Waals surface area contributed by atoms with E-state index in [4.69, 9.17) is 0 Å². The third-order valence-electron chi connectivity index (χ3n) is 6.05. The number of benzene rings is 2. The van der Waals surface area contributed by atoms with Gasteiger partial charge < -0.3 is 10.2 Å². The van der Waals surface area contributed by atoms with Crippen molar-refractivity contribution in [2.24, 2.45) is 10.3 Å². The highest BCUT2D eigenvalue weighted by Crippen LogP contribution is 2.38. The maximum absolute atomic E-state index is 14.1. The molecule has 5 rings (SSSR count). The second kappa shape index (κ2) is 7.94. The Morgan fingerprint density at radius 1 is 1.16 bits per heavy atom. The van der Waals surface area contributed by atoms with Crippen LogP contribution in [0.2, 0.25) is 0 Å². The second-order valence-corrected chi connectivity index (χ2v) is 10.7. The van der Waals surface area contributed by atoms with E-state index in [0.29, 0.717) is 29.4 Å². The first-order valence-corrected chi connectivity index (χ1v) is 12.8. The minimum absolute atomic E-state index is 0.0773. The van der Waals surface area contributed by atoms with Gasteiger partial charge in [-0.2, -0.15) is 8.42 Å². The van der Waals surface area contributed by atoms with E-state index in [1.54, 1.807) is 30.3 Å². The van der Waals surface area contributed by atoms with E-state index in [2.05, 4.69) is 9.71 Å². The van der Waals surface area contributed by atoms with E-state index in [1.807, 2.05) is 11.0 Å². The fourth-order valence-electron chi connectivity index (χ4n) is 4.53. The molecular weight excluding hydrogens is 437 g/mol. The average Bonchev–Trinajstić information content (AvgIpc) is 3.06. The maximum atomic E-state index is 14.1. The summed E-state index contributed by atoms with van der Waals surface area (Å²) in [6.45, 7) is 1.06. The standard InChI is InChI=1S/C22H22FN3O3S2/c23-17-8-3-7-15-18(10-12-30-20(15)17)24-22(27)14-5-4-11-26(13-14)21-16-6-1-2-9-19(16)31(28,29)25-21/h1-3,6-9,14,18H,4-5,10-13H2,(H,24,27)/t14-,18-/m1/s1. The highest BCUT2D eigenvalue weighted by atomic mass is 32.2. The molecule has 6 nitrogen and oxygen atoms in total. The van der Waals surface area contributed by atoms with Crippen LogP contribution in [0.25, 0.3) is 0 Å². The highest BCUT2D eigenvalue weighted by Gasteiger charge is 2.36. The Morgan fingerprint density at radius 2 is 2.00 bits per heavy atom. The molecule has 3 aliphatic heterocycles. The Labute approximate surface area is 185 Å². The first kappa shape index (κ1) is 20.5. The Hall–Kier alpha value is -2.39. The Morgan fingerprint density at radius 3 is 2.87 bits per heavy atom. The molecule has 0 aliphatic carbocycles. The lowest BCUT2D eigenvalue weighted by atomic mass is 9.95. The number of thioether (sulfide) groups is 1. The monoisotopic (exact) mass is 459 g/mol. The van der Waals surface area contributed by atoms with Crippen LogP contribution in [0.4, 0.5) is 4.39 Å². The summed E-state index contributed by atoms with van der Waals surface area (Å²) in [5, 5.41) is 3.11. The Kier molecular flexibility index (Phi) is 5.26. The molecule has 1 amide bonds. The normalized spacial score (nSPS) is 24.2. The fraction of sp³-hybridized carbons (Fsp3) is 0.364. The molecule has 31 heavy (non-hydrogen) atoms. The van der Waals surface area contributed by atoms with Gasteiger partial charge in [0.15, 0.2) is 5.84 Å². The number of hydrogen-bond acceptors (Lipinski definition) is 5. The molecule has 0 spiro atoms. The van der Waals surface area contributed by atoms with Gasteiger partial charge in [-0.1, -0.05) is 24.3 Å². The molecule has 3 aliphatic rings. The predicted molar refractivity (Wildman–Crippen MR) is 117 cm³/mol. The minimum atomic E-state index is -3.69. The van der Waals surface area contributed by atoms with E-state index >= 15 is 0 Å². The maximum Gasteiger partial charge on any atom is 0.285 e. The number of halogens is 1. The summed E-state index contributed by atoms with van der Waals surface area (Å²) in [6, 6.07) is 11.6. The molecule has 9 heteroatoms. The van der Waals surface area contributed by atoms with Gasteiger partial charge >= 0.3 is 0 Å². The molecule has 1 fully saturated rings. The first-order chi connectivity index (χ1) is 14.9. The van der Waals surface area contributed by atoms with E-state index < -0.39 is 10.0 Å². The predicted octanol–water partition coefficient (Wildman–Crippen LogP) is 3.34. The topological polar surface area (TPSA) is 78.8 Å². The van der Waals surface area contributed by atoms with Crippen molar-refractivity contribution in [1.82, 2.24) is 10.2 Å². The van der Waals surface area contributed by atoms with Crippen LogP contribution >= 0.6 is 11.8 Å². The molecule has 0 aromatic heterocycles. The van der Waals surface area contributed by atoms with E-state index in [0.717, 1.165) is 30.6 Å². The third kappa shape index (κ3) is 3.74. The smallest absolute Gasteiger partial charge is 0.285 e. The number of fused-ring (bicyclic) bond motifs is 2. The van der Waals surface area contributed by atoms with E-state index in [9.17, 15) is 17.6 Å². The molecule has 2 aromatic carbocycles. The molecular formula is C22H22FN3O3S2. The minimum Gasteiger partial charge on any atom is -0.355 e. The molecule has 0 unspecified atom stereocenters. The summed E-state index contributed by atoms with van der Waals surface area (Å²) >= 11 is 1.49. The van der Waals surface area contributed by atoms with Crippen LogP contribution < -0.4 is 5.32 Å². The van der Waals surface area contributed by atoms with Crippen LogP contribution in [0.15, 0.2) is 56.7 Å². The number of nitrogens with zero attached hydrogens (tertiary/aromatic N) is 2. The number of rotatable bonds is 2. The van der Waals surface area contributed by atoms with Crippen LogP contribution in [0.1, 0.15) is 36.4 Å². The van der Waals surface area contributed by atoms with Crippen molar-refractivity contribution in [3.8, 4) is 0 Å². The number of nitrogens with one attached hydrogen (secondary N) is 1. The number of sulfonamides is 1. The van der Waals surface area contributed by atoms with Gasteiger partial charge in [-0.3, -0.25) is 4.79 Å². The van der Waals surface area contributed by atoms with Crippen molar-refractivity contribution in [2.45, 2.75) is 35.1 Å². The van der Waals surface area contributed by atoms with Crippen molar-refractivity contribution < 1.29 is 17.6 Å². The van der Waals surface area contributed by atoms with Crippen LogP contribution in [0, 0.1) is 11.7 Å². The van der Waals surface area contributed by atoms with Gasteiger partial charge in [0.2, 0.25) is 5.91 Å². The van der Waals surface area contributed by atoms with E-state index in [1.165, 1.54) is 17.8 Å². The molecule has 2 aromatic rings. The zero-order valence-corrected chi connectivity index (χ0v) is 18.4. The van der Waals surface area contributed by atoms with Crippen LogP contribution in [0.3, 0.4) is 0 Å². The average molecular weight is 460 g/mol. The molecule has 1 N–H and O–H groups in total. The molecule has 3 heterocycles. The van der Waals surface area contributed by atoms with Crippen molar-refractivity contribution >= 4 is 33.5 Å². The summed E-state index contributed by atoms with van der Waals surface area (Å²) in [6.07, 6.45) is 2.24. The van der Waals surface area contributed by atoms with Crippen molar-refractivity contribution in [1.29, 1.82) is 0 Å². The van der Waals surface area contributed by atoms with Gasteiger partial charge in [-0.05, 0) is 43.0 Å². The van der Waals surface area contributed by atoms with E-state index in [-0.39, 0.29) is 28.6 Å². The van der Waals surface area contributed by atoms with Gasteiger partial charge in [0.1, 0.15) is 10.7 Å². The van der Waals surface area contributed by atoms with Crippen molar-refractivity contribution in [3.63, 3.8) is 0 Å². The third-order valence-corrected chi connectivity index (χ3v) is 8.53. The van der Waals surface area contributed by atoms with Crippen LogP contribution in [-0.4, -0.2) is 43.9 Å². The summed E-state index contributed by atoms with van der Waals surface area (Å²) in [7, 11) is -3.69. The Balaban J connectivity index is 1.33. The van der Waals surface area contributed by atoms with Gasteiger partial charge in [0.25, 0.3) is 10.0 Å². The van der Waals surface area contributed by atoms with Gasteiger partial charge in [-0.15, -0.1) is 16.2 Å². The molecule has 0 bridgehead atoms. The lowest BCUT2D eigenvalue weighted by Crippen LogP contribution is -2.46. The zero-order chi connectivity index (χ0) is 21.6. The highest BCUT2D eigenvalue weighted by molar-refractivity contribution is 7.99. The van der Waals surface area contributed by atoms with Crippen LogP contribution in [0.5, 0.6) is 0 Å². The fourth-order valence-corrected chi connectivity index (χ4v) is 6.89. The number of piperidine rings is 1. The molecule has 0 radical (unpaired) electrons. The van der Waals surface area contributed by atoms with Crippen molar-refractivity contribution in [3.05, 3.63) is 59.4 Å². The summed E-state index contributed by atoms with van der Waals surface area (Å²) in [4.78, 5) is 15.8. The van der Waals surface area contributed by atoms with Gasteiger partial charge in [0.05, 0.1) is 12.0 Å². The summed E-state index contributed by atoms with van der Waals surface area (Å²) in [5.41, 5.74) is 1.43. The number of likely N-dealkylation sites (tertiary alicyclic amines) is 1. The largest absolute Gasteiger partial charge is 0.355 e. The Bertz CT molecular complexity index is 1180. The van der Waals surface area contributed by atoms with Crippen LogP contribution in [-0.2, 0) is 14.8 Å². The number of carbonyl (C=O) groups is 1. The summed E-state index contributed by atoms with van der Waals surface area (Å²) in [5.74, 6) is 0.574. The lowest BCUT2D eigenvalue weighted by Gasteiger charge is -2.35. The van der Waals surface area contributed by atoms with Gasteiger partial charge in [-0.25, -0.2) is 4.39 Å². The number of amidine groups is 1. The molecule has 162 valence electrons. The number of carbonyl (C=O) groups excluding carboxylic acids is 1. The molecule has 1 saturated heterocycles. The lowest BCUT2D eigenvalue weighted by molar-refractivity contribution is -0.127. The first-order valence-electron chi connectivity index (χ1n) is 10.3. The summed E-state index contributed by atoms with van der Waals surface area (Å²) < 4.78 is 42.9. The second-order valence-electron chi connectivity index (χ2n) is 8.03. The molecule has 2 atom stereocenters. The van der Waals surface area contributed by atoms with Gasteiger partial charge in [0, 0.05) is 29.3 Å². The quantitative estimate of drug-likeness (QED) is 0.745. The SMILES string of the molecule is O=C(N[C@@H]1CCSc2c(F)cccc21)[C@@H]1CCCN(C2=NS(=O)(=O)c3ccccc32)C1. The molecule has 0 saturated carbocycles. The van der Waals surface area contributed by atoms with Crippen molar-refractivity contribution in [2.75, 3.05) is 18.8 Å². The zero-order valence-electron chi connectivity index (χ0n) is 16.8.